The van der Waals surface area contributed by atoms with Gasteiger partial charge in [-0.05, 0) is 23.8 Å². The monoisotopic (exact) mass is 265 g/mol. The second-order valence-corrected chi connectivity index (χ2v) is 4.41. The van der Waals surface area contributed by atoms with E-state index in [9.17, 15) is 0 Å². The van der Waals surface area contributed by atoms with Gasteiger partial charge < -0.3 is 11.1 Å². The van der Waals surface area contributed by atoms with E-state index in [0.717, 1.165) is 17.1 Å². The number of hydrogen-bond acceptors (Lipinski definition) is 4. The molecule has 3 N–H and O–H groups in total. The van der Waals surface area contributed by atoms with Crippen molar-refractivity contribution in [1.82, 2.24) is 14.8 Å². The molecule has 3 rings (SSSR count). The SMILES string of the molecule is Nc1ccnc(NCc2ccccc2-n2cccn2)c1. The Morgan fingerprint density at radius 1 is 1.10 bits per heavy atom. The summed E-state index contributed by atoms with van der Waals surface area (Å²) in [6.45, 7) is 0.659. The minimum absolute atomic E-state index is 0.659. The molecule has 0 saturated carbocycles. The second-order valence-electron chi connectivity index (χ2n) is 4.41. The van der Waals surface area contributed by atoms with Gasteiger partial charge in [-0.25, -0.2) is 9.67 Å². The molecule has 5 heteroatoms. The number of hydrogen-bond donors (Lipinski definition) is 2. The van der Waals surface area contributed by atoms with E-state index in [1.165, 1.54) is 0 Å². The summed E-state index contributed by atoms with van der Waals surface area (Å²) in [6.07, 6.45) is 5.39. The topological polar surface area (TPSA) is 68.8 Å². The highest BCUT2D eigenvalue weighted by Gasteiger charge is 2.04. The average molecular weight is 265 g/mol. The summed E-state index contributed by atoms with van der Waals surface area (Å²) in [5.41, 5.74) is 8.63. The molecule has 1 aromatic carbocycles. The van der Waals surface area contributed by atoms with Crippen molar-refractivity contribution in [2.75, 3.05) is 11.1 Å². The van der Waals surface area contributed by atoms with Crippen LogP contribution in [0.25, 0.3) is 5.69 Å². The highest BCUT2D eigenvalue weighted by Crippen LogP contribution is 2.15. The number of nitrogens with one attached hydrogen (secondary N) is 1. The molecule has 0 spiro atoms. The van der Waals surface area contributed by atoms with Crippen molar-refractivity contribution in [2.45, 2.75) is 6.54 Å². The summed E-state index contributed by atoms with van der Waals surface area (Å²) in [6, 6.07) is 13.6. The van der Waals surface area contributed by atoms with Crippen molar-refractivity contribution in [1.29, 1.82) is 0 Å². The molecule has 0 radical (unpaired) electrons. The summed E-state index contributed by atoms with van der Waals surface area (Å²) in [4.78, 5) is 4.23. The van der Waals surface area contributed by atoms with Crippen LogP contribution in [0.15, 0.2) is 61.1 Å². The van der Waals surface area contributed by atoms with Crippen LogP contribution in [0.2, 0.25) is 0 Å². The fourth-order valence-electron chi connectivity index (χ4n) is 2.02. The van der Waals surface area contributed by atoms with Crippen LogP contribution in [-0.4, -0.2) is 14.8 Å². The molecule has 0 aliphatic heterocycles. The predicted molar refractivity (Wildman–Crippen MR) is 79.5 cm³/mol. The molecular weight excluding hydrogens is 250 g/mol. The Kier molecular flexibility index (Phi) is 3.33. The number of aromatic nitrogens is 3. The molecule has 3 aromatic rings. The van der Waals surface area contributed by atoms with Crippen LogP contribution in [0, 0.1) is 0 Å². The molecule has 0 bridgehead atoms. The van der Waals surface area contributed by atoms with Crippen molar-refractivity contribution < 1.29 is 0 Å². The lowest BCUT2D eigenvalue weighted by molar-refractivity contribution is 0.863. The fourth-order valence-corrected chi connectivity index (χ4v) is 2.02. The molecule has 0 atom stereocenters. The third kappa shape index (κ3) is 2.61. The van der Waals surface area contributed by atoms with Crippen LogP contribution in [-0.2, 0) is 6.54 Å². The first-order chi connectivity index (χ1) is 9.83. The van der Waals surface area contributed by atoms with Gasteiger partial charge in [0.2, 0.25) is 0 Å². The quantitative estimate of drug-likeness (QED) is 0.760. The van der Waals surface area contributed by atoms with Gasteiger partial charge in [-0.3, -0.25) is 0 Å². The van der Waals surface area contributed by atoms with Crippen LogP contribution in [0.4, 0.5) is 11.5 Å². The van der Waals surface area contributed by atoms with Crippen molar-refractivity contribution in [3.05, 3.63) is 66.6 Å². The number of rotatable bonds is 4. The highest BCUT2D eigenvalue weighted by atomic mass is 15.3. The van der Waals surface area contributed by atoms with Gasteiger partial charge in [-0.2, -0.15) is 5.10 Å². The molecule has 5 nitrogen and oxygen atoms in total. The van der Waals surface area contributed by atoms with E-state index in [2.05, 4.69) is 21.5 Å². The molecule has 0 amide bonds. The van der Waals surface area contributed by atoms with Crippen LogP contribution in [0.3, 0.4) is 0 Å². The van der Waals surface area contributed by atoms with E-state index in [-0.39, 0.29) is 0 Å². The highest BCUT2D eigenvalue weighted by molar-refractivity contribution is 5.50. The van der Waals surface area contributed by atoms with Gasteiger partial charge in [0.05, 0.1) is 5.69 Å². The lowest BCUT2D eigenvalue weighted by Gasteiger charge is -2.11. The molecule has 0 fully saturated rings. The zero-order valence-electron chi connectivity index (χ0n) is 10.9. The van der Waals surface area contributed by atoms with Gasteiger partial charge in [0.25, 0.3) is 0 Å². The lowest BCUT2D eigenvalue weighted by Crippen LogP contribution is -2.06. The molecule has 100 valence electrons. The van der Waals surface area contributed by atoms with Crippen LogP contribution in [0.1, 0.15) is 5.56 Å². The van der Waals surface area contributed by atoms with Crippen molar-refractivity contribution in [3.8, 4) is 5.69 Å². The standard InChI is InChI=1S/C15H15N5/c16-13-6-8-17-15(10-13)18-11-12-4-1-2-5-14(12)20-9-3-7-19-20/h1-10H,11H2,(H3,16,17,18). The zero-order valence-corrected chi connectivity index (χ0v) is 10.9. The van der Waals surface area contributed by atoms with Gasteiger partial charge in [0.1, 0.15) is 5.82 Å². The number of para-hydroxylation sites is 1. The fraction of sp³-hybridized carbons (Fsp3) is 0.0667. The number of nitrogens with two attached hydrogens (primary N) is 1. The van der Waals surface area contributed by atoms with E-state index in [4.69, 9.17) is 5.73 Å². The number of benzene rings is 1. The third-order valence-corrected chi connectivity index (χ3v) is 2.99. The Hall–Kier alpha value is -2.82. The van der Waals surface area contributed by atoms with E-state index in [1.807, 2.05) is 41.2 Å². The summed E-state index contributed by atoms with van der Waals surface area (Å²) >= 11 is 0. The predicted octanol–water partition coefficient (Wildman–Crippen LogP) is 2.46. The molecule has 0 unspecified atom stereocenters. The minimum Gasteiger partial charge on any atom is -0.399 e. The van der Waals surface area contributed by atoms with Crippen LogP contribution >= 0.6 is 0 Å². The first-order valence-corrected chi connectivity index (χ1v) is 6.36. The molecule has 2 aromatic heterocycles. The Balaban J connectivity index is 1.81. The summed E-state index contributed by atoms with van der Waals surface area (Å²) in [5.74, 6) is 0.764. The van der Waals surface area contributed by atoms with Crippen LogP contribution in [0.5, 0.6) is 0 Å². The van der Waals surface area contributed by atoms with Gasteiger partial charge in [0, 0.05) is 36.9 Å². The normalized spacial score (nSPS) is 10.4. The molecule has 0 aliphatic rings. The van der Waals surface area contributed by atoms with Gasteiger partial charge in [-0.1, -0.05) is 18.2 Å². The molecule has 2 heterocycles. The maximum atomic E-state index is 5.74. The van der Waals surface area contributed by atoms with E-state index in [0.29, 0.717) is 12.2 Å². The number of nitrogens with zero attached hydrogens (tertiary/aromatic N) is 3. The Bertz CT molecular complexity index is 691. The molecular formula is C15H15N5. The van der Waals surface area contributed by atoms with Crippen molar-refractivity contribution >= 4 is 11.5 Å². The summed E-state index contributed by atoms with van der Waals surface area (Å²) in [7, 11) is 0. The molecule has 20 heavy (non-hydrogen) atoms. The molecule has 0 aliphatic carbocycles. The zero-order chi connectivity index (χ0) is 13.8. The number of anilines is 2. The maximum absolute atomic E-state index is 5.74. The largest absolute Gasteiger partial charge is 0.399 e. The third-order valence-electron chi connectivity index (χ3n) is 2.99. The summed E-state index contributed by atoms with van der Waals surface area (Å²) in [5, 5.41) is 7.54. The Labute approximate surface area is 117 Å². The van der Waals surface area contributed by atoms with Gasteiger partial charge in [0.15, 0.2) is 0 Å². The average Bonchev–Trinajstić information content (AvgIpc) is 3.00. The van der Waals surface area contributed by atoms with Gasteiger partial charge >= 0.3 is 0 Å². The van der Waals surface area contributed by atoms with Crippen LogP contribution < -0.4 is 11.1 Å². The number of nitrogen functional groups attached to an aromatic ring is 1. The number of pyridine rings is 1. The van der Waals surface area contributed by atoms with Crippen molar-refractivity contribution in [3.63, 3.8) is 0 Å². The molecule has 0 saturated heterocycles. The van der Waals surface area contributed by atoms with Gasteiger partial charge in [-0.15, -0.1) is 0 Å². The van der Waals surface area contributed by atoms with E-state index in [1.54, 1.807) is 18.5 Å². The minimum atomic E-state index is 0.659. The first kappa shape index (κ1) is 12.2. The maximum Gasteiger partial charge on any atom is 0.128 e. The Morgan fingerprint density at radius 2 is 2.00 bits per heavy atom. The Morgan fingerprint density at radius 3 is 2.80 bits per heavy atom. The first-order valence-electron chi connectivity index (χ1n) is 6.36. The van der Waals surface area contributed by atoms with E-state index < -0.39 is 0 Å². The summed E-state index contributed by atoms with van der Waals surface area (Å²) < 4.78 is 1.85. The van der Waals surface area contributed by atoms with E-state index >= 15 is 0 Å². The van der Waals surface area contributed by atoms with Crippen molar-refractivity contribution in [2.24, 2.45) is 0 Å². The second kappa shape index (κ2) is 5.44. The lowest BCUT2D eigenvalue weighted by atomic mass is 10.2. The smallest absolute Gasteiger partial charge is 0.128 e.